The van der Waals surface area contributed by atoms with Gasteiger partial charge in [-0.1, -0.05) is 43.3 Å². The average Bonchev–Trinajstić information content (AvgIpc) is 2.69. The van der Waals surface area contributed by atoms with Crippen molar-refractivity contribution in [3.63, 3.8) is 0 Å². The third kappa shape index (κ3) is 3.37. The topological polar surface area (TPSA) is 26.3 Å². The molecule has 1 heterocycles. The second kappa shape index (κ2) is 5.92. The van der Waals surface area contributed by atoms with Crippen molar-refractivity contribution in [2.75, 3.05) is 0 Å². The number of ether oxygens (including phenoxy) is 1. The van der Waals surface area contributed by atoms with E-state index in [0.717, 1.165) is 29.7 Å². The van der Waals surface area contributed by atoms with Gasteiger partial charge in [-0.3, -0.25) is 0 Å². The summed E-state index contributed by atoms with van der Waals surface area (Å²) in [6.07, 6.45) is 2.86. The summed E-state index contributed by atoms with van der Waals surface area (Å²) in [4.78, 5) is 12.7. The molecule has 2 rings (SSSR count). The van der Waals surface area contributed by atoms with Gasteiger partial charge in [-0.25, -0.2) is 4.79 Å². The maximum absolute atomic E-state index is 11.6. The van der Waals surface area contributed by atoms with Crippen molar-refractivity contribution in [3.8, 4) is 0 Å². The second-order valence-corrected chi connectivity index (χ2v) is 5.04. The summed E-state index contributed by atoms with van der Waals surface area (Å²) < 4.78 is 5.28. The molecule has 1 fully saturated rings. The minimum atomic E-state index is -0.146. The summed E-state index contributed by atoms with van der Waals surface area (Å²) in [5.74, 6) is -0.146. The Kier molecular flexibility index (Phi) is 4.26. The van der Waals surface area contributed by atoms with Crippen molar-refractivity contribution in [3.05, 3.63) is 41.3 Å². The Labute approximate surface area is 106 Å². The van der Waals surface area contributed by atoms with Crippen molar-refractivity contribution >= 4 is 17.7 Å². The lowest BCUT2D eigenvalue weighted by atomic mass is 10.1. The highest BCUT2D eigenvalue weighted by molar-refractivity contribution is 8.02. The summed E-state index contributed by atoms with van der Waals surface area (Å²) in [5, 5.41) is 1.92. The van der Waals surface area contributed by atoms with Gasteiger partial charge in [0.25, 0.3) is 0 Å². The van der Waals surface area contributed by atoms with Crippen molar-refractivity contribution in [1.82, 2.24) is 0 Å². The van der Waals surface area contributed by atoms with Crippen LogP contribution in [-0.2, 0) is 9.53 Å². The number of rotatable bonds is 4. The highest BCUT2D eigenvalue weighted by atomic mass is 32.2. The average molecular weight is 248 g/mol. The van der Waals surface area contributed by atoms with E-state index in [-0.39, 0.29) is 12.1 Å². The molecule has 1 aromatic rings. The SMILES string of the molecule is CCCC1C/C(=C\Sc2ccccc2)C(=O)O1. The van der Waals surface area contributed by atoms with Gasteiger partial charge < -0.3 is 4.74 Å². The van der Waals surface area contributed by atoms with Crippen molar-refractivity contribution in [2.24, 2.45) is 0 Å². The first-order valence-electron chi connectivity index (χ1n) is 5.91. The molecule has 0 spiro atoms. The molecule has 2 nitrogen and oxygen atoms in total. The summed E-state index contributed by atoms with van der Waals surface area (Å²) in [6, 6.07) is 10.0. The quantitative estimate of drug-likeness (QED) is 0.461. The molecule has 0 saturated carbocycles. The molecule has 1 unspecified atom stereocenters. The van der Waals surface area contributed by atoms with E-state index in [1.807, 2.05) is 35.7 Å². The number of hydrogen-bond acceptors (Lipinski definition) is 3. The summed E-state index contributed by atoms with van der Waals surface area (Å²) in [5.41, 5.74) is 0.803. The molecule has 0 bridgehead atoms. The Morgan fingerprint density at radius 2 is 2.18 bits per heavy atom. The van der Waals surface area contributed by atoms with E-state index in [0.29, 0.717) is 0 Å². The third-order valence-corrected chi connectivity index (χ3v) is 3.62. The maximum Gasteiger partial charge on any atom is 0.334 e. The van der Waals surface area contributed by atoms with Crippen LogP contribution in [0.3, 0.4) is 0 Å². The van der Waals surface area contributed by atoms with Crippen LogP contribution in [0.1, 0.15) is 26.2 Å². The van der Waals surface area contributed by atoms with Crippen LogP contribution < -0.4 is 0 Å². The molecule has 1 aliphatic heterocycles. The highest BCUT2D eigenvalue weighted by Gasteiger charge is 2.27. The van der Waals surface area contributed by atoms with Gasteiger partial charge in [-0.15, -0.1) is 0 Å². The molecule has 1 aromatic carbocycles. The van der Waals surface area contributed by atoms with Gasteiger partial charge in [-0.05, 0) is 24.0 Å². The standard InChI is InChI=1S/C14H16O2S/c1-2-6-12-9-11(14(15)16-12)10-17-13-7-4-3-5-8-13/h3-5,7-8,10,12H,2,6,9H2,1H3/b11-10+. The van der Waals surface area contributed by atoms with E-state index in [4.69, 9.17) is 4.74 Å². The predicted molar refractivity (Wildman–Crippen MR) is 69.8 cm³/mol. The smallest absolute Gasteiger partial charge is 0.334 e. The van der Waals surface area contributed by atoms with Gasteiger partial charge >= 0.3 is 5.97 Å². The molecule has 1 atom stereocenters. The fourth-order valence-corrected chi connectivity index (χ4v) is 2.60. The molecular formula is C14H16O2S. The minimum Gasteiger partial charge on any atom is -0.459 e. The van der Waals surface area contributed by atoms with Crippen LogP contribution in [0.15, 0.2) is 46.2 Å². The van der Waals surface area contributed by atoms with Gasteiger partial charge in [0.2, 0.25) is 0 Å². The molecule has 0 aromatic heterocycles. The van der Waals surface area contributed by atoms with Gasteiger partial charge in [0, 0.05) is 16.9 Å². The largest absolute Gasteiger partial charge is 0.459 e. The lowest BCUT2D eigenvalue weighted by Crippen LogP contribution is -2.05. The first kappa shape index (κ1) is 12.2. The maximum atomic E-state index is 11.6. The molecule has 17 heavy (non-hydrogen) atoms. The minimum absolute atomic E-state index is 0.0927. The Morgan fingerprint density at radius 3 is 2.88 bits per heavy atom. The molecule has 0 amide bonds. The zero-order chi connectivity index (χ0) is 12.1. The Balaban J connectivity index is 1.96. The van der Waals surface area contributed by atoms with E-state index in [1.54, 1.807) is 11.8 Å². The first-order chi connectivity index (χ1) is 8.29. The fraction of sp³-hybridized carbons (Fsp3) is 0.357. The summed E-state index contributed by atoms with van der Waals surface area (Å²) in [6.45, 7) is 2.11. The van der Waals surface area contributed by atoms with Gasteiger partial charge in [0.15, 0.2) is 0 Å². The first-order valence-corrected chi connectivity index (χ1v) is 6.79. The highest BCUT2D eigenvalue weighted by Crippen LogP contribution is 2.28. The molecule has 1 saturated heterocycles. The normalized spacial score (nSPS) is 21.8. The molecule has 1 aliphatic rings. The molecule has 3 heteroatoms. The molecule has 0 aliphatic carbocycles. The second-order valence-electron chi connectivity index (χ2n) is 4.09. The number of thioether (sulfide) groups is 1. The van der Waals surface area contributed by atoms with Gasteiger partial charge in [0.05, 0.1) is 0 Å². The van der Waals surface area contributed by atoms with E-state index in [2.05, 4.69) is 6.92 Å². The lowest BCUT2D eigenvalue weighted by Gasteiger charge is -2.04. The zero-order valence-corrected chi connectivity index (χ0v) is 10.7. The number of hydrogen-bond donors (Lipinski definition) is 0. The Bertz CT molecular complexity index is 411. The zero-order valence-electron chi connectivity index (χ0n) is 9.89. The van der Waals surface area contributed by atoms with E-state index < -0.39 is 0 Å². The van der Waals surface area contributed by atoms with Crippen LogP contribution in [0.5, 0.6) is 0 Å². The number of benzene rings is 1. The molecule has 90 valence electrons. The molecule has 0 radical (unpaired) electrons. The van der Waals surface area contributed by atoms with Crippen LogP contribution in [-0.4, -0.2) is 12.1 Å². The predicted octanol–water partition coefficient (Wildman–Crippen LogP) is 3.78. The van der Waals surface area contributed by atoms with Crippen LogP contribution in [0, 0.1) is 0 Å². The van der Waals surface area contributed by atoms with Crippen molar-refractivity contribution in [1.29, 1.82) is 0 Å². The number of esters is 1. The van der Waals surface area contributed by atoms with Gasteiger partial charge in [0.1, 0.15) is 6.10 Å². The number of cyclic esters (lactones) is 1. The van der Waals surface area contributed by atoms with Crippen LogP contribution in [0.25, 0.3) is 0 Å². The number of carbonyl (C=O) groups is 1. The van der Waals surface area contributed by atoms with Crippen LogP contribution >= 0.6 is 11.8 Å². The molecule has 0 N–H and O–H groups in total. The Morgan fingerprint density at radius 1 is 1.41 bits per heavy atom. The van der Waals surface area contributed by atoms with E-state index >= 15 is 0 Å². The summed E-state index contributed by atoms with van der Waals surface area (Å²) >= 11 is 1.58. The van der Waals surface area contributed by atoms with Crippen molar-refractivity contribution < 1.29 is 9.53 Å². The Hall–Kier alpha value is -1.22. The van der Waals surface area contributed by atoms with E-state index in [1.165, 1.54) is 0 Å². The van der Waals surface area contributed by atoms with Crippen LogP contribution in [0.4, 0.5) is 0 Å². The van der Waals surface area contributed by atoms with Crippen LogP contribution in [0.2, 0.25) is 0 Å². The summed E-state index contributed by atoms with van der Waals surface area (Å²) in [7, 11) is 0. The molecular weight excluding hydrogens is 232 g/mol. The third-order valence-electron chi connectivity index (χ3n) is 2.67. The monoisotopic (exact) mass is 248 g/mol. The number of carbonyl (C=O) groups excluding carboxylic acids is 1. The van der Waals surface area contributed by atoms with E-state index in [9.17, 15) is 4.79 Å². The van der Waals surface area contributed by atoms with Crippen molar-refractivity contribution in [2.45, 2.75) is 37.2 Å². The lowest BCUT2D eigenvalue weighted by molar-refractivity contribution is -0.139. The van der Waals surface area contributed by atoms with Gasteiger partial charge in [-0.2, -0.15) is 0 Å². The fourth-order valence-electron chi connectivity index (χ4n) is 1.81.